The highest BCUT2D eigenvalue weighted by Crippen LogP contribution is 2.28. The fourth-order valence-electron chi connectivity index (χ4n) is 3.17. The smallest absolute Gasteiger partial charge is 0.263 e. The van der Waals surface area contributed by atoms with Crippen LogP contribution in [0.4, 0.5) is 8.78 Å². The molecule has 2 saturated heterocycles. The Morgan fingerprint density at radius 2 is 1.89 bits per heavy atom. The fourth-order valence-corrected chi connectivity index (χ4v) is 3.17. The first-order valence-corrected chi connectivity index (χ1v) is 6.52. The third-order valence-electron chi connectivity index (χ3n) is 4.07. The number of likely N-dealkylation sites (tertiary alicyclic amines) is 1. The van der Waals surface area contributed by atoms with Crippen molar-refractivity contribution in [1.29, 1.82) is 0 Å². The Kier molecular flexibility index (Phi) is 4.76. The van der Waals surface area contributed by atoms with E-state index in [2.05, 4.69) is 10.2 Å². The molecule has 106 valence electrons. The van der Waals surface area contributed by atoms with Gasteiger partial charge in [0.25, 0.3) is 6.43 Å². The fraction of sp³-hybridized carbons (Fsp3) is 0.571. The van der Waals surface area contributed by atoms with Gasteiger partial charge >= 0.3 is 0 Å². The highest BCUT2D eigenvalue weighted by Gasteiger charge is 2.35. The summed E-state index contributed by atoms with van der Waals surface area (Å²) in [5.41, 5.74) is 1.13. The molecule has 0 bridgehead atoms. The molecule has 1 N–H and O–H groups in total. The lowest BCUT2D eigenvalue weighted by atomic mass is 10.0. The molecule has 1 aromatic carbocycles. The molecule has 2 aliphatic heterocycles. The topological polar surface area (TPSA) is 15.3 Å². The predicted molar refractivity (Wildman–Crippen MR) is 73.8 cm³/mol. The van der Waals surface area contributed by atoms with Gasteiger partial charge in [0.1, 0.15) is 0 Å². The van der Waals surface area contributed by atoms with Gasteiger partial charge in [-0.3, -0.25) is 4.90 Å². The van der Waals surface area contributed by atoms with Gasteiger partial charge in [-0.25, -0.2) is 8.78 Å². The van der Waals surface area contributed by atoms with Crippen molar-refractivity contribution in [3.63, 3.8) is 0 Å². The van der Waals surface area contributed by atoms with Gasteiger partial charge in [-0.15, -0.1) is 12.4 Å². The van der Waals surface area contributed by atoms with Gasteiger partial charge < -0.3 is 5.32 Å². The van der Waals surface area contributed by atoms with Crippen molar-refractivity contribution in [2.75, 3.05) is 26.2 Å². The van der Waals surface area contributed by atoms with E-state index in [-0.39, 0.29) is 18.0 Å². The van der Waals surface area contributed by atoms with Crippen LogP contribution in [0, 0.1) is 11.8 Å². The summed E-state index contributed by atoms with van der Waals surface area (Å²) < 4.78 is 25.3. The van der Waals surface area contributed by atoms with Crippen molar-refractivity contribution >= 4 is 12.4 Å². The van der Waals surface area contributed by atoms with Crippen molar-refractivity contribution in [2.24, 2.45) is 11.8 Å². The lowest BCUT2D eigenvalue weighted by Gasteiger charge is -2.17. The minimum Gasteiger partial charge on any atom is -0.316 e. The van der Waals surface area contributed by atoms with Gasteiger partial charge in [-0.2, -0.15) is 0 Å². The molecule has 1 aromatic rings. The van der Waals surface area contributed by atoms with Crippen LogP contribution in [0.1, 0.15) is 17.6 Å². The van der Waals surface area contributed by atoms with Crippen molar-refractivity contribution in [3.8, 4) is 0 Å². The molecule has 3 rings (SSSR count). The Balaban J connectivity index is 0.00000133. The van der Waals surface area contributed by atoms with Crippen LogP contribution >= 0.6 is 12.4 Å². The third kappa shape index (κ3) is 3.25. The zero-order valence-corrected chi connectivity index (χ0v) is 11.5. The average molecular weight is 289 g/mol. The number of nitrogens with one attached hydrogen (secondary N) is 1. The van der Waals surface area contributed by atoms with E-state index in [9.17, 15) is 8.78 Å². The first-order chi connectivity index (χ1) is 8.72. The first kappa shape index (κ1) is 14.7. The van der Waals surface area contributed by atoms with Crippen molar-refractivity contribution in [2.45, 2.75) is 13.0 Å². The zero-order chi connectivity index (χ0) is 12.5. The number of benzene rings is 1. The summed E-state index contributed by atoms with van der Waals surface area (Å²) in [6.07, 6.45) is -2.37. The minimum atomic E-state index is -2.37. The number of fused-ring (bicyclic) bond motifs is 1. The Morgan fingerprint density at radius 1 is 1.21 bits per heavy atom. The van der Waals surface area contributed by atoms with Crippen LogP contribution in [0.15, 0.2) is 24.3 Å². The van der Waals surface area contributed by atoms with Crippen LogP contribution in [0.25, 0.3) is 0 Å². The Labute approximate surface area is 118 Å². The van der Waals surface area contributed by atoms with Crippen LogP contribution in [-0.2, 0) is 6.54 Å². The van der Waals surface area contributed by atoms with E-state index in [0.29, 0.717) is 0 Å². The monoisotopic (exact) mass is 288 g/mol. The molecule has 0 aliphatic carbocycles. The molecule has 2 aliphatic rings. The predicted octanol–water partition coefficient (Wildman–Crippen LogP) is 2.70. The van der Waals surface area contributed by atoms with Gasteiger partial charge in [0, 0.05) is 25.2 Å². The average Bonchev–Trinajstić information content (AvgIpc) is 2.90. The Morgan fingerprint density at radius 3 is 2.53 bits per heavy atom. The molecule has 19 heavy (non-hydrogen) atoms. The summed E-state index contributed by atoms with van der Waals surface area (Å²) in [5, 5.41) is 3.41. The van der Waals surface area contributed by atoms with E-state index in [1.54, 1.807) is 12.1 Å². The van der Waals surface area contributed by atoms with Crippen LogP contribution < -0.4 is 5.32 Å². The molecule has 0 aromatic heterocycles. The largest absolute Gasteiger partial charge is 0.316 e. The molecule has 0 unspecified atom stereocenters. The lowest BCUT2D eigenvalue weighted by molar-refractivity contribution is 0.151. The summed E-state index contributed by atoms with van der Waals surface area (Å²) in [6.45, 7) is 5.21. The summed E-state index contributed by atoms with van der Waals surface area (Å²) in [6, 6.07) is 6.81. The maximum absolute atomic E-state index is 12.6. The van der Waals surface area contributed by atoms with Gasteiger partial charge in [0.15, 0.2) is 0 Å². The van der Waals surface area contributed by atoms with Gasteiger partial charge in [0.05, 0.1) is 0 Å². The van der Waals surface area contributed by atoms with Crippen LogP contribution in [0.2, 0.25) is 0 Å². The Hall–Kier alpha value is -0.710. The van der Waals surface area contributed by atoms with E-state index >= 15 is 0 Å². The zero-order valence-electron chi connectivity index (χ0n) is 10.7. The van der Waals surface area contributed by atoms with Crippen molar-refractivity contribution < 1.29 is 8.78 Å². The first-order valence-electron chi connectivity index (χ1n) is 6.52. The third-order valence-corrected chi connectivity index (χ3v) is 4.07. The summed E-state index contributed by atoms with van der Waals surface area (Å²) in [5.74, 6) is 1.51. The lowest BCUT2D eigenvalue weighted by Crippen LogP contribution is -2.25. The molecule has 0 spiro atoms. The normalized spacial score (nSPS) is 26.5. The van der Waals surface area contributed by atoms with Crippen LogP contribution in [0.3, 0.4) is 0 Å². The molecular weight excluding hydrogens is 270 g/mol. The number of halogens is 3. The number of alkyl halides is 2. The van der Waals surface area contributed by atoms with E-state index < -0.39 is 6.43 Å². The quantitative estimate of drug-likeness (QED) is 0.920. The van der Waals surface area contributed by atoms with Gasteiger partial charge in [0.2, 0.25) is 0 Å². The SMILES string of the molecule is Cl.FC(F)c1cccc(CN2C[C@H]3CNC[C@H]3C2)c1. The number of hydrogen-bond donors (Lipinski definition) is 1. The second-order valence-corrected chi connectivity index (χ2v) is 5.42. The van der Waals surface area contributed by atoms with E-state index in [4.69, 9.17) is 0 Å². The van der Waals surface area contributed by atoms with Crippen LogP contribution in [-0.4, -0.2) is 31.1 Å². The molecule has 5 heteroatoms. The summed E-state index contributed by atoms with van der Waals surface area (Å²) in [4.78, 5) is 2.39. The maximum atomic E-state index is 12.6. The van der Waals surface area contributed by atoms with E-state index in [1.807, 2.05) is 6.07 Å². The second kappa shape index (κ2) is 6.16. The van der Waals surface area contributed by atoms with Crippen LogP contribution in [0.5, 0.6) is 0 Å². The van der Waals surface area contributed by atoms with E-state index in [1.165, 1.54) is 6.07 Å². The highest BCUT2D eigenvalue weighted by molar-refractivity contribution is 5.85. The highest BCUT2D eigenvalue weighted by atomic mass is 35.5. The molecule has 2 heterocycles. The van der Waals surface area contributed by atoms with E-state index in [0.717, 1.165) is 50.1 Å². The standard InChI is InChI=1S/C14H18F2N2.ClH/c15-14(16)11-3-1-2-10(4-11)7-18-8-12-5-17-6-13(12)9-18;/h1-4,12-14,17H,5-9H2;1H/t12-,13+;. The van der Waals surface area contributed by atoms with Crippen molar-refractivity contribution in [3.05, 3.63) is 35.4 Å². The number of rotatable bonds is 3. The molecule has 0 radical (unpaired) electrons. The van der Waals surface area contributed by atoms with Gasteiger partial charge in [-0.05, 0) is 36.6 Å². The molecule has 0 saturated carbocycles. The molecule has 0 amide bonds. The molecule has 2 nitrogen and oxygen atoms in total. The second-order valence-electron chi connectivity index (χ2n) is 5.42. The molecular formula is C14H19ClF2N2. The maximum Gasteiger partial charge on any atom is 0.263 e. The van der Waals surface area contributed by atoms with Gasteiger partial charge in [-0.1, -0.05) is 18.2 Å². The number of hydrogen-bond acceptors (Lipinski definition) is 2. The van der Waals surface area contributed by atoms with Crippen molar-refractivity contribution in [1.82, 2.24) is 10.2 Å². The Bertz CT molecular complexity index is 416. The summed E-state index contributed by atoms with van der Waals surface area (Å²) in [7, 11) is 0. The molecule has 2 fully saturated rings. The number of nitrogens with zero attached hydrogens (tertiary/aromatic N) is 1. The minimum absolute atomic E-state index is 0. The molecule has 2 atom stereocenters. The summed E-state index contributed by atoms with van der Waals surface area (Å²) >= 11 is 0.